The van der Waals surface area contributed by atoms with Gasteiger partial charge in [0.15, 0.2) is 11.7 Å². The third-order valence-corrected chi connectivity index (χ3v) is 5.80. The number of aryl methyl sites for hydroxylation is 3. The first kappa shape index (κ1) is 20.3. The van der Waals surface area contributed by atoms with Crippen molar-refractivity contribution in [3.63, 3.8) is 0 Å². The van der Waals surface area contributed by atoms with Crippen molar-refractivity contribution in [1.29, 1.82) is 0 Å². The Morgan fingerprint density at radius 1 is 1.04 bits per heavy atom. The number of carbonyl (C=O) groups is 1. The monoisotopic (exact) mass is 397 g/mol. The minimum absolute atomic E-state index is 0.00950. The van der Waals surface area contributed by atoms with Gasteiger partial charge in [-0.1, -0.05) is 35.1 Å². The molecule has 0 radical (unpaired) electrons. The van der Waals surface area contributed by atoms with Gasteiger partial charge in [-0.3, -0.25) is 9.69 Å². The first-order valence-electron chi connectivity index (χ1n) is 9.36. The van der Waals surface area contributed by atoms with Crippen molar-refractivity contribution in [1.82, 2.24) is 9.88 Å². The molecule has 0 atom stereocenters. The molecule has 0 spiro atoms. The zero-order valence-corrected chi connectivity index (χ0v) is 18.0. The topological polar surface area (TPSA) is 45.7 Å². The summed E-state index contributed by atoms with van der Waals surface area (Å²) in [5.41, 5.74) is 4.50. The highest BCUT2D eigenvalue weighted by Crippen LogP contribution is 2.32. The van der Waals surface area contributed by atoms with Crippen LogP contribution in [0.1, 0.15) is 16.7 Å². The molecular formula is C22H27N3O2S. The molecule has 0 saturated carbocycles. The summed E-state index contributed by atoms with van der Waals surface area (Å²) in [5.74, 6) is 0.609. The molecule has 0 saturated heterocycles. The highest BCUT2D eigenvalue weighted by molar-refractivity contribution is 7.22. The molecular weight excluding hydrogens is 370 g/mol. The predicted molar refractivity (Wildman–Crippen MR) is 117 cm³/mol. The number of likely N-dealkylation sites (N-methyl/N-ethyl adjacent to an activating group) is 1. The fourth-order valence-electron chi connectivity index (χ4n) is 2.81. The molecule has 1 heterocycles. The fraction of sp³-hybridized carbons (Fsp3) is 0.364. The van der Waals surface area contributed by atoms with Gasteiger partial charge in [-0.2, -0.15) is 0 Å². The Balaban J connectivity index is 1.82. The van der Waals surface area contributed by atoms with Gasteiger partial charge in [0.05, 0.1) is 10.2 Å². The second kappa shape index (κ2) is 8.71. The zero-order chi connectivity index (χ0) is 20.3. The van der Waals surface area contributed by atoms with Crippen LogP contribution in [0.2, 0.25) is 0 Å². The predicted octanol–water partition coefficient (Wildman–Crippen LogP) is 4.20. The van der Waals surface area contributed by atoms with Crippen LogP contribution in [0.3, 0.4) is 0 Å². The van der Waals surface area contributed by atoms with Crippen LogP contribution in [0.5, 0.6) is 5.75 Å². The number of anilines is 1. The van der Waals surface area contributed by atoms with Crippen LogP contribution in [0.4, 0.5) is 5.13 Å². The van der Waals surface area contributed by atoms with Gasteiger partial charge in [0.25, 0.3) is 5.91 Å². The lowest BCUT2D eigenvalue weighted by molar-refractivity contribution is -0.120. The molecule has 2 aromatic carbocycles. The summed E-state index contributed by atoms with van der Waals surface area (Å²) in [5, 5.41) is 0.725. The molecule has 0 aliphatic carbocycles. The Labute approximate surface area is 170 Å². The maximum absolute atomic E-state index is 13.0. The third-order valence-electron chi connectivity index (χ3n) is 4.76. The summed E-state index contributed by atoms with van der Waals surface area (Å²) in [6.07, 6.45) is 0. The number of fused-ring (bicyclic) bond motifs is 1. The van der Waals surface area contributed by atoms with E-state index in [1.807, 2.05) is 45.3 Å². The quantitative estimate of drug-likeness (QED) is 0.600. The molecule has 3 rings (SSSR count). The number of benzene rings is 2. The lowest BCUT2D eigenvalue weighted by atomic mass is 10.1. The largest absolute Gasteiger partial charge is 0.484 e. The Morgan fingerprint density at radius 2 is 1.75 bits per heavy atom. The average molecular weight is 398 g/mol. The second-order valence-corrected chi connectivity index (χ2v) is 8.31. The van der Waals surface area contributed by atoms with Crippen LogP contribution >= 0.6 is 11.3 Å². The van der Waals surface area contributed by atoms with E-state index in [-0.39, 0.29) is 12.5 Å². The van der Waals surface area contributed by atoms with Crippen molar-refractivity contribution in [3.8, 4) is 5.75 Å². The van der Waals surface area contributed by atoms with Crippen LogP contribution < -0.4 is 9.64 Å². The van der Waals surface area contributed by atoms with Gasteiger partial charge in [0.1, 0.15) is 5.75 Å². The molecule has 0 aliphatic rings. The highest BCUT2D eigenvalue weighted by atomic mass is 32.1. The Kier molecular flexibility index (Phi) is 6.31. The van der Waals surface area contributed by atoms with Gasteiger partial charge in [-0.25, -0.2) is 4.98 Å². The summed E-state index contributed by atoms with van der Waals surface area (Å²) in [6, 6.07) is 11.9. The third kappa shape index (κ3) is 4.69. The van der Waals surface area contributed by atoms with Gasteiger partial charge < -0.3 is 9.64 Å². The maximum Gasteiger partial charge on any atom is 0.266 e. The summed E-state index contributed by atoms with van der Waals surface area (Å²) >= 11 is 1.55. The van der Waals surface area contributed by atoms with Crippen molar-refractivity contribution >= 4 is 32.6 Å². The van der Waals surface area contributed by atoms with Crippen LogP contribution in [0, 0.1) is 20.8 Å². The van der Waals surface area contributed by atoms with Gasteiger partial charge in [-0.05, 0) is 64.2 Å². The molecule has 0 fully saturated rings. The first-order chi connectivity index (χ1) is 13.3. The highest BCUT2D eigenvalue weighted by Gasteiger charge is 2.21. The Hall–Kier alpha value is -2.44. The molecule has 0 aliphatic heterocycles. The number of carbonyl (C=O) groups excluding carboxylic acids is 1. The van der Waals surface area contributed by atoms with E-state index in [1.165, 1.54) is 5.56 Å². The number of rotatable bonds is 7. The van der Waals surface area contributed by atoms with Gasteiger partial charge in [0, 0.05) is 13.1 Å². The molecule has 0 bridgehead atoms. The van der Waals surface area contributed by atoms with E-state index < -0.39 is 0 Å². The standard InChI is InChI=1S/C22H27N3O2S/c1-15-6-9-18(10-7-15)27-14-20(26)25(13-12-24(4)5)22-23-21-17(3)16(2)8-11-19(21)28-22/h6-11H,12-14H2,1-5H3. The van der Waals surface area contributed by atoms with E-state index in [9.17, 15) is 4.79 Å². The number of aromatic nitrogens is 1. The van der Waals surface area contributed by atoms with Crippen molar-refractivity contribution in [3.05, 3.63) is 53.1 Å². The fourth-order valence-corrected chi connectivity index (χ4v) is 3.88. The Morgan fingerprint density at radius 3 is 2.43 bits per heavy atom. The number of amides is 1. The van der Waals surface area contributed by atoms with Crippen LogP contribution in [0.25, 0.3) is 10.2 Å². The number of ether oxygens (including phenoxy) is 1. The van der Waals surface area contributed by atoms with Gasteiger partial charge in [0.2, 0.25) is 0 Å². The summed E-state index contributed by atoms with van der Waals surface area (Å²) < 4.78 is 6.82. The average Bonchev–Trinajstić information content (AvgIpc) is 3.09. The van der Waals surface area contributed by atoms with E-state index in [0.717, 1.165) is 33.0 Å². The Bertz CT molecular complexity index is 964. The van der Waals surface area contributed by atoms with Crippen LogP contribution in [-0.2, 0) is 4.79 Å². The first-order valence-corrected chi connectivity index (χ1v) is 10.2. The van der Waals surface area contributed by atoms with E-state index in [4.69, 9.17) is 9.72 Å². The summed E-state index contributed by atoms with van der Waals surface area (Å²) in [6.45, 7) is 7.50. The van der Waals surface area contributed by atoms with Crippen molar-refractivity contribution in [2.75, 3.05) is 38.7 Å². The van der Waals surface area contributed by atoms with Crippen LogP contribution in [-0.4, -0.2) is 49.6 Å². The SMILES string of the molecule is Cc1ccc(OCC(=O)N(CCN(C)C)c2nc3c(C)c(C)ccc3s2)cc1. The van der Waals surface area contributed by atoms with Gasteiger partial charge >= 0.3 is 0 Å². The normalized spacial score (nSPS) is 11.2. The molecule has 3 aromatic rings. The molecule has 6 heteroatoms. The molecule has 0 N–H and O–H groups in total. The molecule has 0 unspecified atom stereocenters. The summed E-state index contributed by atoms with van der Waals surface area (Å²) in [7, 11) is 3.99. The van der Waals surface area contributed by atoms with E-state index >= 15 is 0 Å². The second-order valence-electron chi connectivity index (χ2n) is 7.30. The number of hydrogen-bond acceptors (Lipinski definition) is 5. The minimum atomic E-state index is -0.0872. The van der Waals surface area contributed by atoms with Crippen LogP contribution in [0.15, 0.2) is 36.4 Å². The van der Waals surface area contributed by atoms with Crippen molar-refractivity contribution < 1.29 is 9.53 Å². The molecule has 5 nitrogen and oxygen atoms in total. The molecule has 1 aromatic heterocycles. The maximum atomic E-state index is 13.0. The van der Waals surface area contributed by atoms with Gasteiger partial charge in [-0.15, -0.1) is 0 Å². The number of thiazole rings is 1. The molecule has 28 heavy (non-hydrogen) atoms. The van der Waals surface area contributed by atoms with E-state index in [1.54, 1.807) is 16.2 Å². The molecule has 1 amide bonds. The lowest BCUT2D eigenvalue weighted by Gasteiger charge is -2.22. The summed E-state index contributed by atoms with van der Waals surface area (Å²) in [4.78, 5) is 21.6. The smallest absolute Gasteiger partial charge is 0.266 e. The lowest BCUT2D eigenvalue weighted by Crippen LogP contribution is -2.39. The zero-order valence-electron chi connectivity index (χ0n) is 17.2. The van der Waals surface area contributed by atoms with Crippen molar-refractivity contribution in [2.45, 2.75) is 20.8 Å². The van der Waals surface area contributed by atoms with Crippen molar-refractivity contribution in [2.24, 2.45) is 0 Å². The molecule has 148 valence electrons. The van der Waals surface area contributed by atoms with E-state index in [0.29, 0.717) is 12.3 Å². The number of hydrogen-bond donors (Lipinski definition) is 0. The minimum Gasteiger partial charge on any atom is -0.484 e. The van der Waals surface area contributed by atoms with E-state index in [2.05, 4.69) is 30.9 Å². The number of nitrogens with zero attached hydrogens (tertiary/aromatic N) is 3.